The van der Waals surface area contributed by atoms with E-state index in [9.17, 15) is 4.79 Å². The summed E-state index contributed by atoms with van der Waals surface area (Å²) in [5, 5.41) is 3.14. The lowest BCUT2D eigenvalue weighted by molar-refractivity contribution is -0.126. The Hall–Kier alpha value is -0.870. The van der Waals surface area contributed by atoms with Crippen molar-refractivity contribution in [2.75, 3.05) is 0 Å². The molecule has 0 fully saturated rings. The third-order valence-corrected chi connectivity index (χ3v) is 4.27. The van der Waals surface area contributed by atoms with Crippen molar-refractivity contribution in [1.29, 1.82) is 0 Å². The van der Waals surface area contributed by atoms with Crippen LogP contribution in [-0.2, 0) is 10.3 Å². The van der Waals surface area contributed by atoms with Crippen LogP contribution >= 0.6 is 15.9 Å². The predicted molar refractivity (Wildman–Crippen MR) is 92.0 cm³/mol. The molecule has 0 heterocycles. The molecule has 0 saturated heterocycles. The highest BCUT2D eigenvalue weighted by Crippen LogP contribution is 2.23. The maximum Gasteiger partial charge on any atom is 0.223 e. The number of hydrogen-bond acceptors (Lipinski definition) is 2. The Kier molecular flexibility index (Phi) is 6.88. The fraction of sp³-hybridized carbons (Fsp3) is 0.588. The number of nitrogens with two attached hydrogens (primary N) is 1. The molecule has 4 heteroatoms. The second-order valence-electron chi connectivity index (χ2n) is 6.43. The molecular weight excluding hydrogens is 328 g/mol. The number of carbonyl (C=O) groups is 1. The van der Waals surface area contributed by atoms with Crippen LogP contribution in [0.4, 0.5) is 0 Å². The average Bonchev–Trinajstić information content (AvgIpc) is 2.38. The average molecular weight is 355 g/mol. The fourth-order valence-corrected chi connectivity index (χ4v) is 2.51. The summed E-state index contributed by atoms with van der Waals surface area (Å²) >= 11 is 3.43. The molecule has 2 unspecified atom stereocenters. The molecule has 0 radical (unpaired) electrons. The second kappa shape index (κ2) is 7.95. The van der Waals surface area contributed by atoms with E-state index in [0.717, 1.165) is 29.3 Å². The smallest absolute Gasteiger partial charge is 0.223 e. The lowest BCUT2D eigenvalue weighted by atomic mass is 9.92. The number of benzene rings is 1. The third kappa shape index (κ3) is 6.18. The molecule has 118 valence electrons. The van der Waals surface area contributed by atoms with E-state index in [4.69, 9.17) is 5.73 Å². The molecule has 0 aliphatic carbocycles. The van der Waals surface area contributed by atoms with Crippen molar-refractivity contribution in [2.24, 2.45) is 11.7 Å². The molecule has 3 nitrogen and oxygen atoms in total. The minimum atomic E-state index is -0.368. The molecule has 1 aromatic carbocycles. The molecule has 0 aromatic heterocycles. The molecule has 1 aromatic rings. The first-order valence-electron chi connectivity index (χ1n) is 7.56. The van der Waals surface area contributed by atoms with Gasteiger partial charge in [0.1, 0.15) is 0 Å². The first kappa shape index (κ1) is 18.2. The molecule has 3 N–H and O–H groups in total. The van der Waals surface area contributed by atoms with Crippen molar-refractivity contribution >= 4 is 21.8 Å². The zero-order valence-corrected chi connectivity index (χ0v) is 15.0. The maximum atomic E-state index is 12.3. The number of halogens is 1. The zero-order valence-electron chi connectivity index (χ0n) is 13.4. The van der Waals surface area contributed by atoms with Gasteiger partial charge in [-0.1, -0.05) is 41.4 Å². The molecule has 1 rings (SSSR count). The SMILES string of the molecule is CC(N)CCCC(C)C(=O)NC(C)(C)c1ccc(Br)cc1. The Morgan fingerprint density at radius 3 is 2.33 bits per heavy atom. The number of hydrogen-bond donors (Lipinski definition) is 2. The Labute approximate surface area is 136 Å². The largest absolute Gasteiger partial charge is 0.347 e. The molecule has 0 saturated carbocycles. The maximum absolute atomic E-state index is 12.3. The van der Waals surface area contributed by atoms with E-state index in [1.165, 1.54) is 0 Å². The fourth-order valence-electron chi connectivity index (χ4n) is 2.25. The number of amides is 1. The van der Waals surface area contributed by atoms with Crippen molar-refractivity contribution in [1.82, 2.24) is 5.32 Å². The van der Waals surface area contributed by atoms with Gasteiger partial charge < -0.3 is 11.1 Å². The molecule has 0 spiro atoms. The quantitative estimate of drug-likeness (QED) is 0.778. The lowest BCUT2D eigenvalue weighted by Crippen LogP contribution is -2.43. The van der Waals surface area contributed by atoms with E-state index in [2.05, 4.69) is 21.2 Å². The summed E-state index contributed by atoms with van der Waals surface area (Å²) in [5.41, 5.74) is 6.47. The minimum Gasteiger partial charge on any atom is -0.347 e. The van der Waals surface area contributed by atoms with Crippen molar-refractivity contribution < 1.29 is 4.79 Å². The highest BCUT2D eigenvalue weighted by molar-refractivity contribution is 9.10. The summed E-state index contributed by atoms with van der Waals surface area (Å²) in [5.74, 6) is 0.117. The Morgan fingerprint density at radius 2 is 1.81 bits per heavy atom. The number of nitrogens with one attached hydrogen (secondary N) is 1. The first-order valence-corrected chi connectivity index (χ1v) is 8.35. The van der Waals surface area contributed by atoms with Gasteiger partial charge in [-0.3, -0.25) is 4.79 Å². The third-order valence-electron chi connectivity index (χ3n) is 3.75. The highest BCUT2D eigenvalue weighted by Gasteiger charge is 2.25. The van der Waals surface area contributed by atoms with Crippen LogP contribution in [0.5, 0.6) is 0 Å². The van der Waals surface area contributed by atoms with Crippen molar-refractivity contribution in [3.8, 4) is 0 Å². The van der Waals surface area contributed by atoms with Gasteiger partial charge in [0.25, 0.3) is 0 Å². The lowest BCUT2D eigenvalue weighted by Gasteiger charge is -2.28. The summed E-state index contributed by atoms with van der Waals surface area (Å²) in [6, 6.07) is 8.26. The van der Waals surface area contributed by atoms with Crippen LogP contribution in [-0.4, -0.2) is 11.9 Å². The normalized spacial score (nSPS) is 14.6. The van der Waals surface area contributed by atoms with Gasteiger partial charge in [0, 0.05) is 16.4 Å². The van der Waals surface area contributed by atoms with Crippen LogP contribution < -0.4 is 11.1 Å². The molecule has 21 heavy (non-hydrogen) atoms. The van der Waals surface area contributed by atoms with Gasteiger partial charge in [-0.15, -0.1) is 0 Å². The summed E-state index contributed by atoms with van der Waals surface area (Å²) in [6.07, 6.45) is 2.84. The van der Waals surface area contributed by atoms with Crippen LogP contribution in [0.3, 0.4) is 0 Å². The molecular formula is C17H27BrN2O. The van der Waals surface area contributed by atoms with E-state index >= 15 is 0 Å². The van der Waals surface area contributed by atoms with Gasteiger partial charge in [0.2, 0.25) is 5.91 Å². The topological polar surface area (TPSA) is 55.1 Å². The molecule has 1 amide bonds. The first-order chi connectivity index (χ1) is 9.72. The number of rotatable bonds is 7. The second-order valence-corrected chi connectivity index (χ2v) is 7.35. The van der Waals surface area contributed by atoms with Gasteiger partial charge >= 0.3 is 0 Å². The van der Waals surface area contributed by atoms with E-state index < -0.39 is 0 Å². The van der Waals surface area contributed by atoms with Gasteiger partial charge in [0.05, 0.1) is 5.54 Å². The molecule has 0 aliphatic rings. The Balaban J connectivity index is 2.57. The van der Waals surface area contributed by atoms with Gasteiger partial charge in [0.15, 0.2) is 0 Å². The van der Waals surface area contributed by atoms with Crippen LogP contribution in [0.1, 0.15) is 52.5 Å². The van der Waals surface area contributed by atoms with E-state index in [1.54, 1.807) is 0 Å². The van der Waals surface area contributed by atoms with Crippen LogP contribution in [0.15, 0.2) is 28.7 Å². The number of carbonyl (C=O) groups excluding carboxylic acids is 1. The molecule has 0 bridgehead atoms. The molecule has 0 aliphatic heterocycles. The standard InChI is InChI=1S/C17H27BrN2O/c1-12(6-5-7-13(2)19)16(21)20-17(3,4)14-8-10-15(18)11-9-14/h8-13H,5-7,19H2,1-4H3,(H,20,21). The van der Waals surface area contributed by atoms with Crippen LogP contribution in [0, 0.1) is 5.92 Å². The van der Waals surface area contributed by atoms with Gasteiger partial charge in [-0.25, -0.2) is 0 Å². The minimum absolute atomic E-state index is 0.0125. The summed E-state index contributed by atoms with van der Waals surface area (Å²) in [7, 11) is 0. The summed E-state index contributed by atoms with van der Waals surface area (Å²) in [6.45, 7) is 8.04. The van der Waals surface area contributed by atoms with Gasteiger partial charge in [-0.2, -0.15) is 0 Å². The van der Waals surface area contributed by atoms with Gasteiger partial charge in [-0.05, 0) is 51.3 Å². The predicted octanol–water partition coefficient (Wildman–Crippen LogP) is 3.95. The van der Waals surface area contributed by atoms with Crippen LogP contribution in [0.25, 0.3) is 0 Å². The summed E-state index contributed by atoms with van der Waals surface area (Å²) < 4.78 is 1.04. The zero-order chi connectivity index (χ0) is 16.0. The van der Waals surface area contributed by atoms with E-state index in [0.29, 0.717) is 0 Å². The van der Waals surface area contributed by atoms with Crippen LogP contribution in [0.2, 0.25) is 0 Å². The Bertz CT molecular complexity index is 454. The Morgan fingerprint density at radius 1 is 1.24 bits per heavy atom. The molecule has 2 atom stereocenters. The summed E-state index contributed by atoms with van der Waals surface area (Å²) in [4.78, 5) is 12.3. The highest BCUT2D eigenvalue weighted by atomic mass is 79.9. The van der Waals surface area contributed by atoms with Crippen molar-refractivity contribution in [3.63, 3.8) is 0 Å². The van der Waals surface area contributed by atoms with E-state index in [1.807, 2.05) is 52.0 Å². The van der Waals surface area contributed by atoms with E-state index in [-0.39, 0.29) is 23.4 Å². The monoisotopic (exact) mass is 354 g/mol. The van der Waals surface area contributed by atoms with Crippen molar-refractivity contribution in [2.45, 2.75) is 58.5 Å². The van der Waals surface area contributed by atoms with Crippen molar-refractivity contribution in [3.05, 3.63) is 34.3 Å².